The molecule has 0 aliphatic carbocycles. The molecule has 1 atom stereocenters. The van der Waals surface area contributed by atoms with Crippen LogP contribution in [0.2, 0.25) is 0 Å². The molecular formula is C25H28N4O4S. The van der Waals surface area contributed by atoms with Crippen LogP contribution < -0.4 is 20.6 Å². The zero-order valence-electron chi connectivity index (χ0n) is 19.2. The van der Waals surface area contributed by atoms with Gasteiger partial charge in [-0.2, -0.15) is 0 Å². The van der Waals surface area contributed by atoms with E-state index in [0.29, 0.717) is 23.6 Å². The van der Waals surface area contributed by atoms with E-state index in [9.17, 15) is 9.59 Å². The van der Waals surface area contributed by atoms with E-state index in [0.717, 1.165) is 47.7 Å². The Kier molecular flexibility index (Phi) is 7.44. The van der Waals surface area contributed by atoms with Gasteiger partial charge < -0.3 is 25.1 Å². The number of carbonyl (C=O) groups excluding carboxylic acids is 2. The molecule has 4 rings (SSSR count). The number of benzene rings is 2. The third-order valence-electron chi connectivity index (χ3n) is 5.50. The predicted octanol–water partition coefficient (Wildman–Crippen LogP) is 4.08. The second kappa shape index (κ2) is 10.7. The fourth-order valence-electron chi connectivity index (χ4n) is 3.66. The molecule has 178 valence electrons. The number of ether oxygens (including phenoxy) is 2. The molecule has 1 aliphatic heterocycles. The van der Waals surface area contributed by atoms with Gasteiger partial charge in [-0.3, -0.25) is 9.59 Å². The summed E-state index contributed by atoms with van der Waals surface area (Å²) in [5.41, 5.74) is 9.16. The number of hydrogen-bond acceptors (Lipinski definition) is 6. The van der Waals surface area contributed by atoms with Gasteiger partial charge in [0, 0.05) is 36.3 Å². The van der Waals surface area contributed by atoms with E-state index in [4.69, 9.17) is 20.2 Å². The van der Waals surface area contributed by atoms with Gasteiger partial charge in [-0.25, -0.2) is 4.99 Å². The smallest absolute Gasteiger partial charge is 0.265 e. The van der Waals surface area contributed by atoms with Crippen LogP contribution in [-0.4, -0.2) is 35.7 Å². The number of primary amides is 1. The van der Waals surface area contributed by atoms with Crippen LogP contribution >= 0.6 is 11.3 Å². The number of nitrogens with two attached hydrogens (primary N) is 1. The van der Waals surface area contributed by atoms with Crippen LogP contribution in [-0.2, 0) is 16.1 Å². The Morgan fingerprint density at radius 1 is 1.24 bits per heavy atom. The molecule has 1 unspecified atom stereocenters. The number of thiazole rings is 1. The first-order valence-electron chi connectivity index (χ1n) is 11.3. The van der Waals surface area contributed by atoms with Crippen LogP contribution in [0.4, 0.5) is 11.4 Å². The lowest BCUT2D eigenvalue weighted by Gasteiger charge is -2.23. The zero-order chi connectivity index (χ0) is 24.1. The number of aromatic nitrogens is 1. The summed E-state index contributed by atoms with van der Waals surface area (Å²) < 4.78 is 13.4. The van der Waals surface area contributed by atoms with Crippen molar-refractivity contribution in [3.63, 3.8) is 0 Å². The number of unbranched alkanes of at least 4 members (excludes halogenated alkanes) is 1. The Hall–Kier alpha value is -3.43. The Balaban J connectivity index is 1.68. The number of nitrogens with one attached hydrogen (secondary N) is 1. The molecule has 34 heavy (non-hydrogen) atoms. The Morgan fingerprint density at radius 3 is 2.76 bits per heavy atom. The van der Waals surface area contributed by atoms with Crippen molar-refractivity contribution in [1.82, 2.24) is 4.57 Å². The molecule has 2 aromatic carbocycles. The van der Waals surface area contributed by atoms with Crippen LogP contribution in [0.3, 0.4) is 0 Å². The molecule has 2 amide bonds. The van der Waals surface area contributed by atoms with E-state index in [1.54, 1.807) is 31.2 Å². The average Bonchev–Trinajstić information content (AvgIpc) is 3.22. The Morgan fingerprint density at radius 2 is 2.03 bits per heavy atom. The first-order valence-corrected chi connectivity index (χ1v) is 12.2. The fourth-order valence-corrected chi connectivity index (χ4v) is 4.62. The highest BCUT2D eigenvalue weighted by molar-refractivity contribution is 7.07. The highest BCUT2D eigenvalue weighted by Gasteiger charge is 2.24. The van der Waals surface area contributed by atoms with Crippen molar-refractivity contribution in [1.29, 1.82) is 0 Å². The molecule has 9 heteroatoms. The van der Waals surface area contributed by atoms with Crippen molar-refractivity contribution in [2.45, 2.75) is 39.3 Å². The molecule has 1 aliphatic rings. The van der Waals surface area contributed by atoms with Gasteiger partial charge in [0.2, 0.25) is 5.91 Å². The van der Waals surface area contributed by atoms with Crippen LogP contribution in [0.5, 0.6) is 5.75 Å². The monoisotopic (exact) mass is 480 g/mol. The largest absolute Gasteiger partial charge is 0.479 e. The molecule has 0 bridgehead atoms. The number of hydrogen-bond donors (Lipinski definition) is 2. The minimum atomic E-state index is -0.513. The van der Waals surface area contributed by atoms with Crippen LogP contribution in [0, 0.1) is 0 Å². The first kappa shape index (κ1) is 23.7. The molecule has 8 nitrogen and oxygen atoms in total. The van der Waals surface area contributed by atoms with Crippen molar-refractivity contribution < 1.29 is 19.1 Å². The lowest BCUT2D eigenvalue weighted by atomic mass is 10.1. The van der Waals surface area contributed by atoms with E-state index in [1.165, 1.54) is 11.3 Å². The zero-order valence-corrected chi connectivity index (χ0v) is 20.1. The molecule has 0 spiro atoms. The summed E-state index contributed by atoms with van der Waals surface area (Å²) in [4.78, 5) is 29.1. The summed E-state index contributed by atoms with van der Waals surface area (Å²) in [6.45, 7) is 5.91. The molecule has 3 aromatic rings. The summed E-state index contributed by atoms with van der Waals surface area (Å²) >= 11 is 1.54. The molecule has 0 radical (unpaired) electrons. The number of nitrogens with zero attached hydrogens (tertiary/aromatic N) is 2. The highest BCUT2D eigenvalue weighted by atomic mass is 32.1. The van der Waals surface area contributed by atoms with E-state index >= 15 is 0 Å². The third kappa shape index (κ3) is 5.37. The summed E-state index contributed by atoms with van der Waals surface area (Å²) in [5, 5.41) is 4.98. The average molecular weight is 481 g/mol. The van der Waals surface area contributed by atoms with Crippen molar-refractivity contribution in [3.8, 4) is 17.0 Å². The summed E-state index contributed by atoms with van der Waals surface area (Å²) in [6.07, 6.45) is 1.36. The number of fused-ring (bicyclic) bond motifs is 1. The lowest BCUT2D eigenvalue weighted by Crippen LogP contribution is -2.34. The highest BCUT2D eigenvalue weighted by Crippen LogP contribution is 2.34. The van der Waals surface area contributed by atoms with Gasteiger partial charge >= 0.3 is 0 Å². The van der Waals surface area contributed by atoms with E-state index in [1.807, 2.05) is 25.1 Å². The van der Waals surface area contributed by atoms with Gasteiger partial charge in [-0.15, -0.1) is 11.3 Å². The molecular weight excluding hydrogens is 452 g/mol. The summed E-state index contributed by atoms with van der Waals surface area (Å²) in [7, 11) is 0. The maximum atomic E-state index is 12.1. The molecule has 0 saturated carbocycles. The third-order valence-corrected chi connectivity index (χ3v) is 6.37. The van der Waals surface area contributed by atoms with Crippen molar-refractivity contribution in [2.75, 3.05) is 18.5 Å². The molecule has 3 N–H and O–H groups in total. The normalized spacial score (nSPS) is 15.5. The standard InChI is InChI=1S/C25H28N4O4S/c1-3-32-13-5-4-12-29-21(18-8-11-22-20(14-18)28-24(31)16(2)33-22)15-34-25(29)27-19-9-6-17(7-10-19)23(26)30/h6-11,14-16H,3-5,12-13H2,1-2H3,(H2,26,30)(H,28,31). The van der Waals surface area contributed by atoms with Gasteiger partial charge in [-0.05, 0) is 69.2 Å². The first-order chi connectivity index (χ1) is 16.5. The second-order valence-corrected chi connectivity index (χ2v) is 8.78. The maximum Gasteiger partial charge on any atom is 0.265 e. The number of amides is 2. The van der Waals surface area contributed by atoms with Crippen LogP contribution in [0.1, 0.15) is 37.0 Å². The molecule has 0 saturated heterocycles. The van der Waals surface area contributed by atoms with Gasteiger partial charge in [0.05, 0.1) is 17.1 Å². The van der Waals surface area contributed by atoms with Crippen LogP contribution in [0.15, 0.2) is 52.8 Å². The Bertz CT molecular complexity index is 1250. The minimum absolute atomic E-state index is 0.158. The minimum Gasteiger partial charge on any atom is -0.479 e. The van der Waals surface area contributed by atoms with E-state index in [2.05, 4.69) is 15.3 Å². The quantitative estimate of drug-likeness (QED) is 0.450. The maximum absolute atomic E-state index is 12.1. The number of anilines is 1. The lowest BCUT2D eigenvalue weighted by molar-refractivity contribution is -0.122. The SMILES string of the molecule is CCOCCCCn1c(-c2ccc3c(c2)NC(=O)C(C)O3)csc1=Nc1ccc(C(N)=O)cc1. The van der Waals surface area contributed by atoms with E-state index < -0.39 is 12.0 Å². The van der Waals surface area contributed by atoms with Gasteiger partial charge in [0.25, 0.3) is 5.91 Å². The molecule has 1 aromatic heterocycles. The predicted molar refractivity (Wildman–Crippen MR) is 132 cm³/mol. The van der Waals surface area contributed by atoms with Gasteiger partial charge in [0.1, 0.15) is 5.75 Å². The second-order valence-electron chi connectivity index (χ2n) is 7.94. The number of rotatable bonds is 9. The molecule has 0 fully saturated rings. The van der Waals surface area contributed by atoms with Crippen molar-refractivity contribution in [2.24, 2.45) is 10.7 Å². The van der Waals surface area contributed by atoms with Gasteiger partial charge in [0.15, 0.2) is 10.9 Å². The van der Waals surface area contributed by atoms with Crippen LogP contribution in [0.25, 0.3) is 11.3 Å². The summed E-state index contributed by atoms with van der Waals surface area (Å²) in [5.74, 6) is 0.0369. The fraction of sp³-hybridized carbons (Fsp3) is 0.320. The van der Waals surface area contributed by atoms with Gasteiger partial charge in [-0.1, -0.05) is 0 Å². The van der Waals surface area contributed by atoms with Crippen molar-refractivity contribution in [3.05, 3.63) is 58.2 Å². The topological polar surface area (TPSA) is 108 Å². The van der Waals surface area contributed by atoms with Crippen molar-refractivity contribution >= 4 is 34.5 Å². The molecule has 2 heterocycles. The number of carbonyl (C=O) groups is 2. The Labute approximate surface area is 202 Å². The van der Waals surface area contributed by atoms with E-state index in [-0.39, 0.29) is 5.91 Å². The summed E-state index contributed by atoms with van der Waals surface area (Å²) in [6, 6.07) is 12.7.